The fourth-order valence-electron chi connectivity index (χ4n) is 1.57. The van der Waals surface area contributed by atoms with Gasteiger partial charge in [-0.2, -0.15) is 0 Å². The number of aliphatic carboxylic acids is 1. The maximum Gasteiger partial charge on any atom is 0.317 e. The monoisotopic (exact) mass is 246 g/mol. The van der Waals surface area contributed by atoms with Crippen LogP contribution in [0.15, 0.2) is 0 Å². The zero-order valence-corrected chi connectivity index (χ0v) is 10.5. The number of rotatable bonds is 8. The maximum absolute atomic E-state index is 11.7. The minimum absolute atomic E-state index is 0.0732. The van der Waals surface area contributed by atoms with E-state index in [1.807, 2.05) is 6.92 Å². The summed E-state index contributed by atoms with van der Waals surface area (Å²) in [6.07, 6.45) is 1.37. The Bertz CT molecular complexity index is 246. The maximum atomic E-state index is 11.7. The number of urea groups is 1. The van der Waals surface area contributed by atoms with Gasteiger partial charge in [0.2, 0.25) is 0 Å². The third-order valence-corrected chi connectivity index (χ3v) is 2.42. The molecule has 0 radical (unpaired) electrons. The van der Waals surface area contributed by atoms with Crippen molar-refractivity contribution in [3.8, 4) is 0 Å². The average Bonchev–Trinajstić information content (AvgIpc) is 2.25. The van der Waals surface area contributed by atoms with Gasteiger partial charge in [0, 0.05) is 19.1 Å². The number of carbonyl (C=O) groups is 2. The lowest BCUT2D eigenvalue weighted by molar-refractivity contribution is -0.137. The van der Waals surface area contributed by atoms with Crippen LogP contribution in [0.4, 0.5) is 4.79 Å². The molecule has 0 saturated heterocycles. The standard InChI is InChI=1S/C11H22N2O4/c1-3-5-9(8-10(15)16)12-11(17)13(4-2)6-7-14/h9,14H,3-8H2,1-2H3,(H,12,17)(H,15,16). The fraction of sp³-hybridized carbons (Fsp3) is 0.818. The molecule has 0 aliphatic carbocycles. The molecule has 3 N–H and O–H groups in total. The predicted molar refractivity (Wildman–Crippen MR) is 63.8 cm³/mol. The highest BCUT2D eigenvalue weighted by Gasteiger charge is 2.18. The number of hydrogen-bond acceptors (Lipinski definition) is 3. The van der Waals surface area contributed by atoms with Gasteiger partial charge in [-0.3, -0.25) is 4.79 Å². The second-order valence-electron chi connectivity index (χ2n) is 3.84. The molecular weight excluding hydrogens is 224 g/mol. The molecule has 0 fully saturated rings. The molecule has 0 aliphatic heterocycles. The molecule has 0 aromatic heterocycles. The molecule has 0 aromatic rings. The summed E-state index contributed by atoms with van der Waals surface area (Å²) < 4.78 is 0. The molecule has 0 aliphatic rings. The molecule has 100 valence electrons. The Morgan fingerprint density at radius 3 is 2.41 bits per heavy atom. The SMILES string of the molecule is CCCC(CC(=O)O)NC(=O)N(CC)CCO. The lowest BCUT2D eigenvalue weighted by Crippen LogP contribution is -2.46. The number of amides is 2. The molecular formula is C11H22N2O4. The van der Waals surface area contributed by atoms with Crippen molar-refractivity contribution in [1.29, 1.82) is 0 Å². The van der Waals surface area contributed by atoms with Gasteiger partial charge in [0.25, 0.3) is 0 Å². The van der Waals surface area contributed by atoms with Gasteiger partial charge in [-0.05, 0) is 13.3 Å². The first-order chi connectivity index (χ1) is 8.04. The molecule has 6 heteroatoms. The summed E-state index contributed by atoms with van der Waals surface area (Å²) in [6, 6.07) is -0.668. The minimum atomic E-state index is -0.922. The lowest BCUT2D eigenvalue weighted by atomic mass is 10.1. The van der Waals surface area contributed by atoms with Crippen LogP contribution in [0.3, 0.4) is 0 Å². The third-order valence-electron chi connectivity index (χ3n) is 2.42. The van der Waals surface area contributed by atoms with Crippen molar-refractivity contribution in [2.24, 2.45) is 0 Å². The Morgan fingerprint density at radius 1 is 1.35 bits per heavy atom. The van der Waals surface area contributed by atoms with Crippen molar-refractivity contribution in [3.63, 3.8) is 0 Å². The molecule has 0 saturated carbocycles. The molecule has 1 atom stereocenters. The van der Waals surface area contributed by atoms with E-state index in [0.717, 1.165) is 6.42 Å². The van der Waals surface area contributed by atoms with E-state index in [-0.39, 0.29) is 31.6 Å². The smallest absolute Gasteiger partial charge is 0.317 e. The van der Waals surface area contributed by atoms with E-state index < -0.39 is 5.97 Å². The number of aliphatic hydroxyl groups is 1. The topological polar surface area (TPSA) is 89.9 Å². The number of hydrogen-bond donors (Lipinski definition) is 3. The predicted octanol–water partition coefficient (Wildman–Crippen LogP) is 0.654. The Balaban J connectivity index is 4.30. The van der Waals surface area contributed by atoms with E-state index in [9.17, 15) is 9.59 Å². The van der Waals surface area contributed by atoms with E-state index in [4.69, 9.17) is 10.2 Å². The van der Waals surface area contributed by atoms with Crippen LogP contribution in [0.25, 0.3) is 0 Å². The molecule has 0 aromatic carbocycles. The third kappa shape index (κ3) is 6.78. The van der Waals surface area contributed by atoms with Crippen LogP contribution in [0, 0.1) is 0 Å². The summed E-state index contributed by atoms with van der Waals surface area (Å²) in [6.45, 7) is 4.39. The van der Waals surface area contributed by atoms with Gasteiger partial charge < -0.3 is 20.4 Å². The number of nitrogens with one attached hydrogen (secondary N) is 1. The Labute approximate surface area is 102 Å². The number of likely N-dealkylation sites (N-methyl/N-ethyl adjacent to an activating group) is 1. The second-order valence-corrected chi connectivity index (χ2v) is 3.84. The zero-order chi connectivity index (χ0) is 13.3. The summed E-state index contributed by atoms with van der Waals surface area (Å²) in [7, 11) is 0. The second kappa shape index (κ2) is 8.81. The van der Waals surface area contributed by atoms with Crippen LogP contribution in [0.2, 0.25) is 0 Å². The fourth-order valence-corrected chi connectivity index (χ4v) is 1.57. The van der Waals surface area contributed by atoms with Gasteiger partial charge in [-0.25, -0.2) is 4.79 Å². The summed E-state index contributed by atoms with van der Waals surface area (Å²) in [5.74, 6) is -0.922. The molecule has 0 heterocycles. The van der Waals surface area contributed by atoms with Crippen molar-refractivity contribution in [3.05, 3.63) is 0 Å². The summed E-state index contributed by atoms with van der Waals surface area (Å²) in [5, 5.41) is 20.2. The largest absolute Gasteiger partial charge is 0.481 e. The van der Waals surface area contributed by atoms with Crippen molar-refractivity contribution in [2.75, 3.05) is 19.7 Å². The van der Waals surface area contributed by atoms with E-state index in [1.54, 1.807) is 6.92 Å². The number of carboxylic acid groups (broad SMARTS) is 1. The summed E-state index contributed by atoms with van der Waals surface area (Å²) in [4.78, 5) is 23.8. The van der Waals surface area contributed by atoms with Crippen LogP contribution in [0.5, 0.6) is 0 Å². The quantitative estimate of drug-likeness (QED) is 0.586. The Kier molecular flexibility index (Phi) is 8.13. The van der Waals surface area contributed by atoms with Crippen molar-refractivity contribution in [1.82, 2.24) is 10.2 Å². The van der Waals surface area contributed by atoms with Crippen molar-refractivity contribution < 1.29 is 19.8 Å². The van der Waals surface area contributed by atoms with Crippen LogP contribution in [-0.4, -0.2) is 52.9 Å². The van der Waals surface area contributed by atoms with Crippen molar-refractivity contribution >= 4 is 12.0 Å². The Morgan fingerprint density at radius 2 is 2.00 bits per heavy atom. The van der Waals surface area contributed by atoms with Gasteiger partial charge in [-0.1, -0.05) is 13.3 Å². The summed E-state index contributed by atoms with van der Waals surface area (Å²) >= 11 is 0. The van der Waals surface area contributed by atoms with E-state index >= 15 is 0 Å². The first kappa shape index (κ1) is 15.7. The minimum Gasteiger partial charge on any atom is -0.481 e. The highest BCUT2D eigenvalue weighted by atomic mass is 16.4. The molecule has 17 heavy (non-hydrogen) atoms. The number of carbonyl (C=O) groups excluding carboxylic acids is 1. The average molecular weight is 246 g/mol. The van der Waals surface area contributed by atoms with Gasteiger partial charge >= 0.3 is 12.0 Å². The molecule has 2 amide bonds. The molecule has 0 bridgehead atoms. The van der Waals surface area contributed by atoms with Gasteiger partial charge in [0.15, 0.2) is 0 Å². The highest BCUT2D eigenvalue weighted by Crippen LogP contribution is 2.03. The first-order valence-corrected chi connectivity index (χ1v) is 5.93. The van der Waals surface area contributed by atoms with Gasteiger partial charge in [0.1, 0.15) is 0 Å². The van der Waals surface area contributed by atoms with Crippen molar-refractivity contribution in [2.45, 2.75) is 39.2 Å². The number of carboxylic acids is 1. The number of aliphatic hydroxyl groups excluding tert-OH is 1. The van der Waals surface area contributed by atoms with E-state index in [1.165, 1.54) is 4.90 Å². The van der Waals surface area contributed by atoms with Crippen LogP contribution in [0.1, 0.15) is 33.1 Å². The highest BCUT2D eigenvalue weighted by molar-refractivity contribution is 5.75. The van der Waals surface area contributed by atoms with Gasteiger partial charge in [-0.15, -0.1) is 0 Å². The first-order valence-electron chi connectivity index (χ1n) is 5.93. The van der Waals surface area contributed by atoms with Crippen LogP contribution >= 0.6 is 0 Å². The van der Waals surface area contributed by atoms with Gasteiger partial charge in [0.05, 0.1) is 13.0 Å². The summed E-state index contributed by atoms with van der Waals surface area (Å²) in [5.41, 5.74) is 0. The normalized spacial score (nSPS) is 11.9. The number of nitrogens with zero attached hydrogens (tertiary/aromatic N) is 1. The molecule has 1 unspecified atom stereocenters. The molecule has 0 spiro atoms. The van der Waals surface area contributed by atoms with E-state index in [0.29, 0.717) is 13.0 Å². The molecule has 6 nitrogen and oxygen atoms in total. The van der Waals surface area contributed by atoms with Crippen LogP contribution < -0.4 is 5.32 Å². The Hall–Kier alpha value is -1.30. The lowest BCUT2D eigenvalue weighted by Gasteiger charge is -2.24. The van der Waals surface area contributed by atoms with E-state index in [2.05, 4.69) is 5.32 Å². The molecule has 0 rings (SSSR count). The zero-order valence-electron chi connectivity index (χ0n) is 10.5. The van der Waals surface area contributed by atoms with Crippen LogP contribution in [-0.2, 0) is 4.79 Å².